The summed E-state index contributed by atoms with van der Waals surface area (Å²) in [7, 11) is 0. The molecule has 1 aliphatic rings. The Morgan fingerprint density at radius 2 is 1.52 bits per heavy atom. The molecule has 33 heavy (non-hydrogen) atoms. The molecule has 0 N–H and O–H groups in total. The van der Waals surface area contributed by atoms with Crippen molar-refractivity contribution in [1.29, 1.82) is 0 Å². The summed E-state index contributed by atoms with van der Waals surface area (Å²) in [5.74, 6) is 0.450. The van der Waals surface area contributed by atoms with E-state index in [0.717, 1.165) is 34.3 Å². The van der Waals surface area contributed by atoms with Crippen LogP contribution >= 0.6 is 15.9 Å². The summed E-state index contributed by atoms with van der Waals surface area (Å²) in [5, 5.41) is 0. The maximum absolute atomic E-state index is 13.2. The third kappa shape index (κ3) is 6.01. The van der Waals surface area contributed by atoms with Crippen LogP contribution in [0.5, 0.6) is 5.75 Å². The summed E-state index contributed by atoms with van der Waals surface area (Å²) in [6.45, 7) is 6.37. The van der Waals surface area contributed by atoms with Crippen molar-refractivity contribution in [3.05, 3.63) is 88.6 Å². The number of piperazine rings is 1. The first-order valence-corrected chi connectivity index (χ1v) is 11.9. The molecule has 4 rings (SSSR count). The Kier molecular flexibility index (Phi) is 7.46. The summed E-state index contributed by atoms with van der Waals surface area (Å²) in [4.78, 5) is 17.1. The van der Waals surface area contributed by atoms with Gasteiger partial charge in [-0.2, -0.15) is 0 Å². The molecule has 3 aromatic rings. The molecule has 6 heteroatoms. The fourth-order valence-corrected chi connectivity index (χ4v) is 4.47. The monoisotopic (exact) mass is 510 g/mol. The number of carbonyl (C=O) groups is 1. The molecule has 4 nitrogen and oxygen atoms in total. The third-order valence-corrected chi connectivity index (χ3v) is 6.66. The number of amides is 1. The van der Waals surface area contributed by atoms with Gasteiger partial charge in [-0.3, -0.25) is 9.69 Å². The van der Waals surface area contributed by atoms with Crippen LogP contribution in [0.15, 0.2) is 77.3 Å². The van der Waals surface area contributed by atoms with E-state index in [1.54, 1.807) is 0 Å². The molecule has 0 aliphatic carbocycles. The summed E-state index contributed by atoms with van der Waals surface area (Å²) < 4.78 is 20.0. The van der Waals surface area contributed by atoms with Gasteiger partial charge in [0, 0.05) is 36.2 Å². The van der Waals surface area contributed by atoms with E-state index in [1.165, 1.54) is 12.1 Å². The van der Waals surface area contributed by atoms with Crippen molar-refractivity contribution in [1.82, 2.24) is 9.80 Å². The first-order chi connectivity index (χ1) is 15.9. The van der Waals surface area contributed by atoms with Gasteiger partial charge in [-0.25, -0.2) is 4.39 Å². The normalized spacial score (nSPS) is 18.8. The van der Waals surface area contributed by atoms with Gasteiger partial charge in [0.1, 0.15) is 11.6 Å². The van der Waals surface area contributed by atoms with Crippen molar-refractivity contribution in [2.45, 2.75) is 32.5 Å². The Morgan fingerprint density at radius 1 is 0.909 bits per heavy atom. The molecule has 3 aromatic carbocycles. The molecular weight excluding hydrogens is 483 g/mol. The van der Waals surface area contributed by atoms with Crippen LogP contribution in [0.1, 0.15) is 19.4 Å². The SMILES string of the molecule is CC1CN(C(=O)COc2ccc(-c3ccc(Br)cc3)cc2)C(C)CN1Cc1ccc(F)cc1. The summed E-state index contributed by atoms with van der Waals surface area (Å²) in [6.07, 6.45) is 0. The van der Waals surface area contributed by atoms with E-state index in [4.69, 9.17) is 4.74 Å². The Labute approximate surface area is 203 Å². The van der Waals surface area contributed by atoms with E-state index in [-0.39, 0.29) is 30.4 Å². The molecule has 1 aliphatic heterocycles. The molecule has 1 fully saturated rings. The van der Waals surface area contributed by atoms with Gasteiger partial charge in [0.15, 0.2) is 6.61 Å². The maximum atomic E-state index is 13.2. The number of hydrogen-bond acceptors (Lipinski definition) is 3. The average molecular weight is 511 g/mol. The molecule has 0 aromatic heterocycles. The molecule has 0 bridgehead atoms. The van der Waals surface area contributed by atoms with Gasteiger partial charge in [0.05, 0.1) is 0 Å². The van der Waals surface area contributed by atoms with Gasteiger partial charge in [0.2, 0.25) is 0 Å². The number of hydrogen-bond donors (Lipinski definition) is 0. The second-order valence-corrected chi connectivity index (χ2v) is 9.54. The first kappa shape index (κ1) is 23.5. The van der Waals surface area contributed by atoms with E-state index in [1.807, 2.05) is 53.4 Å². The van der Waals surface area contributed by atoms with Crippen LogP contribution in [0.25, 0.3) is 11.1 Å². The average Bonchev–Trinajstić information content (AvgIpc) is 2.82. The summed E-state index contributed by atoms with van der Waals surface area (Å²) in [5.41, 5.74) is 3.30. The summed E-state index contributed by atoms with van der Waals surface area (Å²) >= 11 is 3.45. The molecular formula is C27H28BrFN2O2. The number of benzene rings is 3. The Bertz CT molecular complexity index is 1070. The highest BCUT2D eigenvalue weighted by Crippen LogP contribution is 2.24. The molecule has 2 unspecified atom stereocenters. The fraction of sp³-hybridized carbons (Fsp3) is 0.296. The van der Waals surface area contributed by atoms with Crippen LogP contribution < -0.4 is 4.74 Å². The zero-order valence-corrected chi connectivity index (χ0v) is 20.5. The maximum Gasteiger partial charge on any atom is 0.260 e. The minimum atomic E-state index is -0.224. The zero-order chi connectivity index (χ0) is 23.4. The van der Waals surface area contributed by atoms with Crippen LogP contribution in [-0.2, 0) is 11.3 Å². The van der Waals surface area contributed by atoms with Crippen LogP contribution in [0.4, 0.5) is 4.39 Å². The Hall–Kier alpha value is -2.70. The fourth-order valence-electron chi connectivity index (χ4n) is 4.20. The van der Waals surface area contributed by atoms with Gasteiger partial charge < -0.3 is 9.64 Å². The minimum absolute atomic E-state index is 0.00670. The first-order valence-electron chi connectivity index (χ1n) is 11.2. The van der Waals surface area contributed by atoms with Crippen LogP contribution in [0.3, 0.4) is 0 Å². The van der Waals surface area contributed by atoms with Gasteiger partial charge in [-0.1, -0.05) is 52.3 Å². The van der Waals surface area contributed by atoms with E-state index in [0.29, 0.717) is 12.3 Å². The highest BCUT2D eigenvalue weighted by molar-refractivity contribution is 9.10. The topological polar surface area (TPSA) is 32.8 Å². The quantitative estimate of drug-likeness (QED) is 0.422. The van der Waals surface area contributed by atoms with Crippen molar-refractivity contribution in [3.63, 3.8) is 0 Å². The van der Waals surface area contributed by atoms with E-state index < -0.39 is 0 Å². The van der Waals surface area contributed by atoms with Crippen molar-refractivity contribution in [2.75, 3.05) is 19.7 Å². The smallest absolute Gasteiger partial charge is 0.260 e. The number of nitrogens with zero attached hydrogens (tertiary/aromatic N) is 2. The van der Waals surface area contributed by atoms with Crippen molar-refractivity contribution in [3.8, 4) is 16.9 Å². The Balaban J connectivity index is 1.30. The predicted molar refractivity (Wildman–Crippen MR) is 133 cm³/mol. The lowest BCUT2D eigenvalue weighted by atomic mass is 10.1. The highest BCUT2D eigenvalue weighted by Gasteiger charge is 2.32. The number of ether oxygens (including phenoxy) is 1. The lowest BCUT2D eigenvalue weighted by Gasteiger charge is -2.44. The van der Waals surface area contributed by atoms with Gasteiger partial charge in [0.25, 0.3) is 5.91 Å². The lowest BCUT2D eigenvalue weighted by molar-refractivity contribution is -0.139. The second-order valence-electron chi connectivity index (χ2n) is 8.62. The van der Waals surface area contributed by atoms with Gasteiger partial charge >= 0.3 is 0 Å². The highest BCUT2D eigenvalue weighted by atomic mass is 79.9. The van der Waals surface area contributed by atoms with Crippen LogP contribution in [-0.4, -0.2) is 47.5 Å². The van der Waals surface area contributed by atoms with Crippen molar-refractivity contribution >= 4 is 21.8 Å². The molecule has 0 spiro atoms. The number of halogens is 2. The molecule has 172 valence electrons. The molecule has 1 saturated heterocycles. The number of carbonyl (C=O) groups excluding carboxylic acids is 1. The van der Waals surface area contributed by atoms with Crippen LogP contribution in [0, 0.1) is 5.82 Å². The molecule has 2 atom stereocenters. The predicted octanol–water partition coefficient (Wildman–Crippen LogP) is 5.76. The largest absolute Gasteiger partial charge is 0.484 e. The van der Waals surface area contributed by atoms with E-state index >= 15 is 0 Å². The summed E-state index contributed by atoms with van der Waals surface area (Å²) in [6, 6.07) is 22.9. The van der Waals surface area contributed by atoms with Gasteiger partial charge in [-0.05, 0) is 66.9 Å². The lowest BCUT2D eigenvalue weighted by Crippen LogP contribution is -2.58. The third-order valence-electron chi connectivity index (χ3n) is 6.13. The van der Waals surface area contributed by atoms with Gasteiger partial charge in [-0.15, -0.1) is 0 Å². The van der Waals surface area contributed by atoms with E-state index in [2.05, 4.69) is 46.8 Å². The van der Waals surface area contributed by atoms with Crippen molar-refractivity contribution < 1.29 is 13.9 Å². The molecule has 0 radical (unpaired) electrons. The zero-order valence-electron chi connectivity index (χ0n) is 18.9. The standard InChI is InChI=1S/C27H28BrFN2O2/c1-19-16-31(20(2)15-30(19)17-21-3-11-25(29)12-4-21)27(32)18-33-26-13-7-23(8-14-26)22-5-9-24(28)10-6-22/h3-14,19-20H,15-18H2,1-2H3. The number of rotatable bonds is 6. The van der Waals surface area contributed by atoms with Crippen molar-refractivity contribution in [2.24, 2.45) is 0 Å². The van der Waals surface area contributed by atoms with E-state index in [9.17, 15) is 9.18 Å². The van der Waals surface area contributed by atoms with Crippen LogP contribution in [0.2, 0.25) is 0 Å². The second kappa shape index (κ2) is 10.5. The molecule has 1 heterocycles. The molecule has 1 amide bonds. The Morgan fingerprint density at radius 3 is 2.15 bits per heavy atom. The molecule has 0 saturated carbocycles. The minimum Gasteiger partial charge on any atom is -0.484 e.